The average molecular weight is 424 g/mol. The van der Waals surface area contributed by atoms with E-state index in [4.69, 9.17) is 0 Å². The SMILES string of the molecule is C[C@@H](CCNC(=O)c1ccc(CN2C(=O)CCn3nccc32)cc1)N1CCCCCC1. The van der Waals surface area contributed by atoms with Crippen molar-refractivity contribution in [3.63, 3.8) is 0 Å². The van der Waals surface area contributed by atoms with Crippen LogP contribution in [0.25, 0.3) is 0 Å². The molecule has 2 aliphatic rings. The molecule has 166 valence electrons. The van der Waals surface area contributed by atoms with Crippen molar-refractivity contribution in [1.29, 1.82) is 0 Å². The van der Waals surface area contributed by atoms with Crippen LogP contribution in [0, 0.1) is 0 Å². The number of anilines is 1. The predicted octanol–water partition coefficient (Wildman–Crippen LogP) is 3.20. The lowest BCUT2D eigenvalue weighted by molar-refractivity contribution is -0.119. The molecule has 0 saturated carbocycles. The summed E-state index contributed by atoms with van der Waals surface area (Å²) in [6, 6.07) is 9.90. The fraction of sp³-hybridized carbons (Fsp3) is 0.542. The van der Waals surface area contributed by atoms with Gasteiger partial charge in [0, 0.05) is 30.6 Å². The van der Waals surface area contributed by atoms with E-state index in [1.165, 1.54) is 38.8 Å². The molecule has 2 amide bonds. The van der Waals surface area contributed by atoms with E-state index in [-0.39, 0.29) is 11.8 Å². The van der Waals surface area contributed by atoms with Gasteiger partial charge in [-0.25, -0.2) is 4.68 Å². The number of benzene rings is 1. The number of hydrogen-bond donors (Lipinski definition) is 1. The van der Waals surface area contributed by atoms with Gasteiger partial charge in [-0.2, -0.15) is 5.10 Å². The second-order valence-corrected chi connectivity index (χ2v) is 8.68. The summed E-state index contributed by atoms with van der Waals surface area (Å²) in [5, 5.41) is 7.32. The van der Waals surface area contributed by atoms with Crippen molar-refractivity contribution < 1.29 is 9.59 Å². The number of carbonyl (C=O) groups excluding carboxylic acids is 2. The number of carbonyl (C=O) groups is 2. The summed E-state index contributed by atoms with van der Waals surface area (Å²) < 4.78 is 1.86. The van der Waals surface area contributed by atoms with Crippen LogP contribution in [0.1, 0.15) is 61.4 Å². The molecular formula is C24H33N5O2. The molecule has 1 aromatic carbocycles. The van der Waals surface area contributed by atoms with E-state index in [1.54, 1.807) is 11.1 Å². The zero-order chi connectivity index (χ0) is 21.6. The highest BCUT2D eigenvalue weighted by Crippen LogP contribution is 2.23. The second kappa shape index (κ2) is 10.1. The van der Waals surface area contributed by atoms with Crippen LogP contribution in [-0.4, -0.2) is 52.2 Å². The summed E-state index contributed by atoms with van der Waals surface area (Å²) in [7, 11) is 0. The number of nitrogens with one attached hydrogen (secondary N) is 1. The molecule has 1 N–H and O–H groups in total. The molecule has 1 atom stereocenters. The largest absolute Gasteiger partial charge is 0.352 e. The molecule has 2 aliphatic heterocycles. The number of aromatic nitrogens is 2. The van der Waals surface area contributed by atoms with Crippen molar-refractivity contribution in [2.75, 3.05) is 24.5 Å². The van der Waals surface area contributed by atoms with E-state index in [2.05, 4.69) is 22.2 Å². The predicted molar refractivity (Wildman–Crippen MR) is 121 cm³/mol. The summed E-state index contributed by atoms with van der Waals surface area (Å²) in [6.07, 6.45) is 8.40. The Bertz CT molecular complexity index is 884. The summed E-state index contributed by atoms with van der Waals surface area (Å²) in [5.74, 6) is 0.895. The molecular weight excluding hydrogens is 390 g/mol. The quantitative estimate of drug-likeness (QED) is 0.742. The lowest BCUT2D eigenvalue weighted by Gasteiger charge is -2.27. The molecule has 7 heteroatoms. The minimum absolute atomic E-state index is 0.0401. The minimum Gasteiger partial charge on any atom is -0.352 e. The van der Waals surface area contributed by atoms with Gasteiger partial charge >= 0.3 is 0 Å². The Kier molecular flexibility index (Phi) is 7.02. The minimum atomic E-state index is -0.0401. The molecule has 4 rings (SSSR count). The van der Waals surface area contributed by atoms with Gasteiger partial charge in [-0.15, -0.1) is 0 Å². The number of rotatable bonds is 7. The Morgan fingerprint density at radius 2 is 1.81 bits per heavy atom. The number of amides is 2. The van der Waals surface area contributed by atoms with Crippen LogP contribution in [-0.2, 0) is 17.9 Å². The highest BCUT2D eigenvalue weighted by atomic mass is 16.2. The first-order valence-corrected chi connectivity index (χ1v) is 11.6. The van der Waals surface area contributed by atoms with Gasteiger partial charge in [0.2, 0.25) is 5.91 Å². The number of hydrogen-bond acceptors (Lipinski definition) is 4. The Labute approximate surface area is 184 Å². The lowest BCUT2D eigenvalue weighted by atomic mass is 10.1. The van der Waals surface area contributed by atoms with Crippen LogP contribution in [0.2, 0.25) is 0 Å². The maximum Gasteiger partial charge on any atom is 0.251 e. The third-order valence-corrected chi connectivity index (χ3v) is 6.48. The summed E-state index contributed by atoms with van der Waals surface area (Å²) in [6.45, 7) is 6.42. The molecule has 1 fully saturated rings. The first-order chi connectivity index (χ1) is 15.1. The van der Waals surface area contributed by atoms with Gasteiger partial charge in [-0.05, 0) is 57.0 Å². The third-order valence-electron chi connectivity index (χ3n) is 6.48. The summed E-state index contributed by atoms with van der Waals surface area (Å²) in [4.78, 5) is 29.2. The highest BCUT2D eigenvalue weighted by Gasteiger charge is 2.24. The molecule has 0 unspecified atom stereocenters. The van der Waals surface area contributed by atoms with Crippen molar-refractivity contribution in [3.8, 4) is 0 Å². The molecule has 1 aromatic heterocycles. The molecule has 3 heterocycles. The van der Waals surface area contributed by atoms with Gasteiger partial charge in [0.05, 0.1) is 19.3 Å². The molecule has 0 spiro atoms. The summed E-state index contributed by atoms with van der Waals surface area (Å²) in [5.41, 5.74) is 1.65. The van der Waals surface area contributed by atoms with Crippen LogP contribution in [0.3, 0.4) is 0 Å². The maximum atomic E-state index is 12.5. The van der Waals surface area contributed by atoms with E-state index in [9.17, 15) is 9.59 Å². The monoisotopic (exact) mass is 423 g/mol. The lowest BCUT2D eigenvalue weighted by Crippen LogP contribution is -2.37. The van der Waals surface area contributed by atoms with Crippen LogP contribution in [0.5, 0.6) is 0 Å². The van der Waals surface area contributed by atoms with Crippen molar-refractivity contribution >= 4 is 17.6 Å². The van der Waals surface area contributed by atoms with E-state index >= 15 is 0 Å². The van der Waals surface area contributed by atoms with Crippen LogP contribution < -0.4 is 10.2 Å². The number of aryl methyl sites for hydroxylation is 1. The fourth-order valence-electron chi connectivity index (χ4n) is 4.52. The molecule has 0 bridgehead atoms. The van der Waals surface area contributed by atoms with Crippen molar-refractivity contribution in [3.05, 3.63) is 47.7 Å². The standard InChI is InChI=1S/C24H33N5O2/c1-19(27-15-4-2-3-5-16-27)10-13-25-24(31)21-8-6-20(7-9-21)18-28-22-11-14-26-29(22)17-12-23(28)30/h6-9,11,14,19H,2-5,10,12-13,15-18H2,1H3,(H,25,31)/t19-/m0/s1. The van der Waals surface area contributed by atoms with E-state index in [1.807, 2.05) is 35.0 Å². The first-order valence-electron chi connectivity index (χ1n) is 11.6. The van der Waals surface area contributed by atoms with E-state index < -0.39 is 0 Å². The second-order valence-electron chi connectivity index (χ2n) is 8.68. The van der Waals surface area contributed by atoms with E-state index in [0.29, 0.717) is 37.7 Å². The molecule has 31 heavy (non-hydrogen) atoms. The van der Waals surface area contributed by atoms with Gasteiger partial charge in [-0.1, -0.05) is 25.0 Å². The number of fused-ring (bicyclic) bond motifs is 1. The highest BCUT2D eigenvalue weighted by molar-refractivity contribution is 5.95. The van der Waals surface area contributed by atoms with E-state index in [0.717, 1.165) is 17.8 Å². The Hall–Kier alpha value is -2.67. The van der Waals surface area contributed by atoms with Crippen LogP contribution >= 0.6 is 0 Å². The molecule has 0 aliphatic carbocycles. The first kappa shape index (κ1) is 21.6. The topological polar surface area (TPSA) is 70.5 Å². The number of nitrogens with zero attached hydrogens (tertiary/aromatic N) is 4. The molecule has 7 nitrogen and oxygen atoms in total. The normalized spacial score (nSPS) is 18.4. The average Bonchev–Trinajstić information content (AvgIpc) is 3.09. The Morgan fingerprint density at radius 1 is 1.06 bits per heavy atom. The Morgan fingerprint density at radius 3 is 2.55 bits per heavy atom. The summed E-state index contributed by atoms with van der Waals surface area (Å²) >= 11 is 0. The van der Waals surface area contributed by atoms with Gasteiger partial charge in [0.25, 0.3) is 5.91 Å². The fourth-order valence-corrected chi connectivity index (χ4v) is 4.52. The van der Waals surface area contributed by atoms with Gasteiger partial charge in [0.15, 0.2) is 0 Å². The van der Waals surface area contributed by atoms with Gasteiger partial charge in [0.1, 0.15) is 5.82 Å². The molecule has 0 radical (unpaired) electrons. The smallest absolute Gasteiger partial charge is 0.251 e. The van der Waals surface area contributed by atoms with Gasteiger partial charge < -0.3 is 10.2 Å². The zero-order valence-corrected chi connectivity index (χ0v) is 18.4. The van der Waals surface area contributed by atoms with Gasteiger partial charge in [-0.3, -0.25) is 14.5 Å². The molecule has 2 aromatic rings. The van der Waals surface area contributed by atoms with Crippen molar-refractivity contribution in [2.45, 2.75) is 64.6 Å². The number of likely N-dealkylation sites (tertiary alicyclic amines) is 1. The maximum absolute atomic E-state index is 12.5. The van der Waals surface area contributed by atoms with Crippen LogP contribution in [0.15, 0.2) is 36.5 Å². The van der Waals surface area contributed by atoms with Crippen molar-refractivity contribution in [2.24, 2.45) is 0 Å². The Balaban J connectivity index is 1.27. The van der Waals surface area contributed by atoms with Crippen molar-refractivity contribution in [1.82, 2.24) is 20.0 Å². The van der Waals surface area contributed by atoms with Crippen LogP contribution in [0.4, 0.5) is 5.82 Å². The zero-order valence-electron chi connectivity index (χ0n) is 18.4. The molecule has 1 saturated heterocycles. The third kappa shape index (κ3) is 5.34.